The Kier molecular flexibility index (Phi) is 6.09. The van der Waals surface area contributed by atoms with Crippen LogP contribution in [0, 0.1) is 3.57 Å². The molecular weight excluding hydrogens is 508 g/mol. The van der Waals surface area contributed by atoms with Crippen LogP contribution >= 0.6 is 34.2 Å². The summed E-state index contributed by atoms with van der Waals surface area (Å²) in [6, 6.07) is 12.8. The molecule has 0 spiro atoms. The van der Waals surface area contributed by atoms with Crippen molar-refractivity contribution in [2.75, 3.05) is 0 Å². The summed E-state index contributed by atoms with van der Waals surface area (Å²) in [5, 5.41) is 4.08. The smallest absolute Gasteiger partial charge is 0.416 e. The molecule has 144 valence electrons. The van der Waals surface area contributed by atoms with Crippen molar-refractivity contribution < 1.29 is 22.4 Å². The molecule has 9 heteroatoms. The molecule has 1 N–H and O–H groups in total. The first kappa shape index (κ1) is 20.4. The Bertz CT molecular complexity index is 1050. The number of hydrazone groups is 1. The summed E-state index contributed by atoms with van der Waals surface area (Å²) in [6.07, 6.45) is -3.19. The molecule has 0 saturated heterocycles. The number of hydrogen-bond donors (Lipinski definition) is 1. The Morgan fingerprint density at radius 2 is 1.93 bits per heavy atom. The summed E-state index contributed by atoms with van der Waals surface area (Å²) >= 11 is 8.04. The second-order valence-electron chi connectivity index (χ2n) is 5.60. The Morgan fingerprint density at radius 1 is 1.14 bits per heavy atom. The van der Waals surface area contributed by atoms with Crippen molar-refractivity contribution in [3.63, 3.8) is 0 Å². The number of halogens is 5. The van der Waals surface area contributed by atoms with E-state index >= 15 is 0 Å². The molecule has 0 bridgehead atoms. The van der Waals surface area contributed by atoms with Crippen LogP contribution in [-0.2, 0) is 6.18 Å². The number of carbonyl (C=O) groups is 1. The molecule has 1 heterocycles. The van der Waals surface area contributed by atoms with Gasteiger partial charge < -0.3 is 4.42 Å². The lowest BCUT2D eigenvalue weighted by molar-refractivity contribution is -0.137. The molecule has 28 heavy (non-hydrogen) atoms. The van der Waals surface area contributed by atoms with Crippen LogP contribution in [0.25, 0.3) is 11.3 Å². The van der Waals surface area contributed by atoms with E-state index in [0.717, 1.165) is 15.7 Å². The number of amides is 1. The molecule has 0 aliphatic rings. The van der Waals surface area contributed by atoms with Crippen LogP contribution in [-0.4, -0.2) is 12.1 Å². The lowest BCUT2D eigenvalue weighted by Crippen LogP contribution is -2.18. The Labute approximate surface area is 176 Å². The van der Waals surface area contributed by atoms with Gasteiger partial charge >= 0.3 is 6.18 Å². The van der Waals surface area contributed by atoms with E-state index in [0.29, 0.717) is 0 Å². The zero-order valence-corrected chi connectivity index (χ0v) is 16.8. The van der Waals surface area contributed by atoms with Crippen LogP contribution in [0.3, 0.4) is 0 Å². The van der Waals surface area contributed by atoms with Crippen LogP contribution in [0.15, 0.2) is 64.1 Å². The van der Waals surface area contributed by atoms with Gasteiger partial charge in [-0.15, -0.1) is 0 Å². The van der Waals surface area contributed by atoms with Gasteiger partial charge in [0.25, 0.3) is 5.91 Å². The molecule has 0 aliphatic heterocycles. The van der Waals surface area contributed by atoms with Gasteiger partial charge in [0.15, 0.2) is 0 Å². The number of alkyl halides is 3. The quantitative estimate of drug-likeness (QED) is 0.262. The summed E-state index contributed by atoms with van der Waals surface area (Å²) in [4.78, 5) is 12.1. The topological polar surface area (TPSA) is 54.6 Å². The van der Waals surface area contributed by atoms with Crippen molar-refractivity contribution in [1.82, 2.24) is 5.43 Å². The predicted molar refractivity (Wildman–Crippen MR) is 108 cm³/mol. The monoisotopic (exact) mass is 518 g/mol. The van der Waals surface area contributed by atoms with Crippen LogP contribution in [0.4, 0.5) is 13.2 Å². The Balaban J connectivity index is 1.71. The third-order valence-electron chi connectivity index (χ3n) is 3.63. The number of hydrogen-bond acceptors (Lipinski definition) is 3. The van der Waals surface area contributed by atoms with Crippen molar-refractivity contribution in [2.45, 2.75) is 6.18 Å². The molecule has 3 rings (SSSR count). The Morgan fingerprint density at radius 3 is 2.68 bits per heavy atom. The Hall–Kier alpha value is -2.33. The zero-order valence-electron chi connectivity index (χ0n) is 13.9. The second-order valence-corrected chi connectivity index (χ2v) is 7.26. The highest BCUT2D eigenvalue weighted by molar-refractivity contribution is 14.1. The van der Waals surface area contributed by atoms with Gasteiger partial charge in [0.2, 0.25) is 0 Å². The van der Waals surface area contributed by atoms with Gasteiger partial charge in [0, 0.05) is 9.13 Å². The minimum absolute atomic E-state index is 0.250. The SMILES string of the molecule is O=C(N/N=C\c1ccc(-c2cccc(C(F)(F)F)c2)o1)c1cc(I)ccc1Cl. The van der Waals surface area contributed by atoms with E-state index < -0.39 is 17.6 Å². The summed E-state index contributed by atoms with van der Waals surface area (Å²) in [6.45, 7) is 0. The first-order valence-electron chi connectivity index (χ1n) is 7.80. The van der Waals surface area contributed by atoms with Gasteiger partial charge in [-0.25, -0.2) is 5.43 Å². The van der Waals surface area contributed by atoms with Crippen molar-refractivity contribution in [2.24, 2.45) is 5.10 Å². The van der Waals surface area contributed by atoms with E-state index in [9.17, 15) is 18.0 Å². The van der Waals surface area contributed by atoms with Gasteiger partial charge in [0.1, 0.15) is 11.5 Å². The van der Waals surface area contributed by atoms with Crippen LogP contribution in [0.5, 0.6) is 0 Å². The molecule has 1 aromatic heterocycles. The van der Waals surface area contributed by atoms with Gasteiger partial charge in [-0.2, -0.15) is 18.3 Å². The lowest BCUT2D eigenvalue weighted by atomic mass is 10.1. The van der Waals surface area contributed by atoms with E-state index in [1.165, 1.54) is 30.5 Å². The largest absolute Gasteiger partial charge is 0.455 e. The van der Waals surface area contributed by atoms with Crippen LogP contribution < -0.4 is 5.43 Å². The summed E-state index contributed by atoms with van der Waals surface area (Å²) in [5.74, 6) is 0.0189. The third kappa shape index (κ3) is 4.93. The van der Waals surface area contributed by atoms with Gasteiger partial charge in [-0.3, -0.25) is 4.79 Å². The number of rotatable bonds is 4. The maximum atomic E-state index is 12.8. The molecule has 2 aromatic carbocycles. The number of carbonyl (C=O) groups excluding carboxylic acids is 1. The molecule has 1 amide bonds. The molecular formula is C19H11ClF3IN2O2. The van der Waals surface area contributed by atoms with E-state index in [1.54, 1.807) is 18.2 Å². The molecule has 0 unspecified atom stereocenters. The summed E-state index contributed by atoms with van der Waals surface area (Å²) in [5.41, 5.74) is 2.12. The maximum Gasteiger partial charge on any atom is 0.416 e. The average molecular weight is 519 g/mol. The van der Waals surface area contributed by atoms with Crippen LogP contribution in [0.2, 0.25) is 5.02 Å². The molecule has 0 atom stereocenters. The fourth-order valence-corrected chi connectivity index (χ4v) is 3.01. The van der Waals surface area contributed by atoms with Gasteiger partial charge in [-0.05, 0) is 65.1 Å². The van der Waals surface area contributed by atoms with E-state index in [1.807, 2.05) is 0 Å². The average Bonchev–Trinajstić information content (AvgIpc) is 3.12. The standard InChI is InChI=1S/C19H11ClF3IN2O2/c20-16-6-4-13(24)9-15(16)18(27)26-25-10-14-5-7-17(28-14)11-2-1-3-12(8-11)19(21,22)23/h1-10H,(H,26,27)/b25-10-. The predicted octanol–water partition coefficient (Wildman–Crippen LogP) is 5.99. The third-order valence-corrected chi connectivity index (χ3v) is 4.63. The highest BCUT2D eigenvalue weighted by Gasteiger charge is 2.30. The van der Waals surface area contributed by atoms with Crippen LogP contribution in [0.1, 0.15) is 21.7 Å². The van der Waals surface area contributed by atoms with Gasteiger partial charge in [0.05, 0.1) is 22.4 Å². The lowest BCUT2D eigenvalue weighted by Gasteiger charge is -2.07. The van der Waals surface area contributed by atoms with E-state index in [2.05, 4.69) is 33.1 Å². The summed E-state index contributed by atoms with van der Waals surface area (Å²) < 4.78 is 44.8. The number of benzene rings is 2. The van der Waals surface area contributed by atoms with Crippen molar-refractivity contribution >= 4 is 46.3 Å². The first-order chi connectivity index (χ1) is 13.2. The normalized spacial score (nSPS) is 11.8. The highest BCUT2D eigenvalue weighted by atomic mass is 127. The minimum atomic E-state index is -4.44. The van der Waals surface area contributed by atoms with Crippen molar-refractivity contribution in [3.05, 3.63) is 80.1 Å². The molecule has 0 aliphatic carbocycles. The second kappa shape index (κ2) is 8.36. The van der Waals surface area contributed by atoms with E-state index in [-0.39, 0.29) is 27.7 Å². The highest BCUT2D eigenvalue weighted by Crippen LogP contribution is 2.32. The molecule has 0 fully saturated rings. The zero-order chi connectivity index (χ0) is 20.3. The molecule has 0 saturated carbocycles. The van der Waals surface area contributed by atoms with Gasteiger partial charge in [-0.1, -0.05) is 23.7 Å². The number of nitrogens with zero attached hydrogens (tertiary/aromatic N) is 1. The fraction of sp³-hybridized carbons (Fsp3) is 0.0526. The molecule has 0 radical (unpaired) electrons. The van der Waals surface area contributed by atoms with E-state index in [4.69, 9.17) is 16.0 Å². The number of furan rings is 1. The molecule has 3 aromatic rings. The summed E-state index contributed by atoms with van der Waals surface area (Å²) in [7, 11) is 0. The fourth-order valence-electron chi connectivity index (χ4n) is 2.31. The minimum Gasteiger partial charge on any atom is -0.455 e. The number of nitrogens with one attached hydrogen (secondary N) is 1. The van der Waals surface area contributed by atoms with Crippen molar-refractivity contribution in [1.29, 1.82) is 0 Å². The molecule has 4 nitrogen and oxygen atoms in total. The first-order valence-corrected chi connectivity index (χ1v) is 9.25. The maximum absolute atomic E-state index is 12.8. The van der Waals surface area contributed by atoms with Crippen molar-refractivity contribution in [3.8, 4) is 11.3 Å².